The van der Waals surface area contributed by atoms with E-state index in [1.54, 1.807) is 19.2 Å². The van der Waals surface area contributed by atoms with Crippen molar-refractivity contribution in [3.63, 3.8) is 0 Å². The summed E-state index contributed by atoms with van der Waals surface area (Å²) in [6.45, 7) is 0.295. The van der Waals surface area contributed by atoms with E-state index < -0.39 is 12.0 Å². The fourth-order valence-electron chi connectivity index (χ4n) is 2.37. The van der Waals surface area contributed by atoms with Gasteiger partial charge in [0.15, 0.2) is 0 Å². The summed E-state index contributed by atoms with van der Waals surface area (Å²) in [5.74, 6) is -1.00. The highest BCUT2D eigenvalue weighted by Gasteiger charge is 2.41. The molecule has 1 heterocycles. The van der Waals surface area contributed by atoms with Gasteiger partial charge in [-0.3, -0.25) is 4.90 Å². The van der Waals surface area contributed by atoms with E-state index in [1.165, 1.54) is 16.9 Å². The number of methoxy groups -OCH3 is 1. The molecular weight excluding hydrogens is 260 g/mol. The second-order valence-corrected chi connectivity index (χ2v) is 4.78. The van der Waals surface area contributed by atoms with E-state index in [9.17, 15) is 14.7 Å². The Balaban J connectivity index is 2.17. The molecular formula is C14H18N2O4. The van der Waals surface area contributed by atoms with Crippen molar-refractivity contribution in [3.05, 3.63) is 30.3 Å². The maximum atomic E-state index is 12.5. The Labute approximate surface area is 117 Å². The number of carboxylic acid groups (broad SMARTS) is 1. The molecule has 0 aromatic heterocycles. The number of carbonyl (C=O) groups excluding carboxylic acids is 1. The quantitative estimate of drug-likeness (QED) is 0.907. The molecule has 0 spiro atoms. The van der Waals surface area contributed by atoms with E-state index in [4.69, 9.17) is 4.74 Å². The molecule has 6 nitrogen and oxygen atoms in total. The number of ether oxygens (including phenoxy) is 1. The molecule has 1 aromatic carbocycles. The molecule has 2 rings (SSSR count). The van der Waals surface area contributed by atoms with Gasteiger partial charge in [-0.25, -0.2) is 9.59 Å². The first kappa shape index (κ1) is 14.3. The van der Waals surface area contributed by atoms with Gasteiger partial charge in [0.25, 0.3) is 0 Å². The molecule has 20 heavy (non-hydrogen) atoms. The van der Waals surface area contributed by atoms with Gasteiger partial charge in [-0.2, -0.15) is 0 Å². The summed E-state index contributed by atoms with van der Waals surface area (Å²) in [7, 11) is 3.16. The summed E-state index contributed by atoms with van der Waals surface area (Å²) in [4.78, 5) is 26.5. The van der Waals surface area contributed by atoms with Gasteiger partial charge in [0.05, 0.1) is 6.10 Å². The molecule has 2 amide bonds. The van der Waals surface area contributed by atoms with Gasteiger partial charge in [0.2, 0.25) is 0 Å². The van der Waals surface area contributed by atoms with Crippen molar-refractivity contribution >= 4 is 17.7 Å². The number of benzene rings is 1. The Morgan fingerprint density at radius 3 is 2.55 bits per heavy atom. The van der Waals surface area contributed by atoms with Gasteiger partial charge >= 0.3 is 12.0 Å². The third-order valence-corrected chi connectivity index (χ3v) is 3.56. The Bertz CT molecular complexity index is 491. The van der Waals surface area contributed by atoms with Crippen LogP contribution in [0.25, 0.3) is 0 Å². The Hall–Kier alpha value is -2.08. The first-order valence-corrected chi connectivity index (χ1v) is 6.39. The SMILES string of the molecule is COC1CC(C(=O)O)N(C(=O)N(C)c2ccccc2)C1. The Kier molecular flexibility index (Phi) is 4.24. The molecule has 0 aliphatic carbocycles. The normalized spacial score (nSPS) is 21.8. The number of carboxylic acids is 1. The van der Waals surface area contributed by atoms with Crippen LogP contribution in [0.5, 0.6) is 0 Å². The van der Waals surface area contributed by atoms with E-state index >= 15 is 0 Å². The number of likely N-dealkylation sites (tertiary alicyclic amines) is 1. The summed E-state index contributed by atoms with van der Waals surface area (Å²) in [6, 6.07) is 7.96. The second-order valence-electron chi connectivity index (χ2n) is 4.78. The summed E-state index contributed by atoms with van der Waals surface area (Å²) < 4.78 is 5.18. The van der Waals surface area contributed by atoms with Crippen molar-refractivity contribution in [2.45, 2.75) is 18.6 Å². The summed E-state index contributed by atoms with van der Waals surface area (Å²) in [5.41, 5.74) is 0.725. The van der Waals surface area contributed by atoms with Crippen LogP contribution < -0.4 is 4.90 Å². The molecule has 1 aliphatic heterocycles. The van der Waals surface area contributed by atoms with Crippen molar-refractivity contribution in [3.8, 4) is 0 Å². The lowest BCUT2D eigenvalue weighted by Gasteiger charge is -2.27. The fraction of sp³-hybridized carbons (Fsp3) is 0.429. The zero-order valence-electron chi connectivity index (χ0n) is 11.5. The molecule has 1 aromatic rings. The Morgan fingerprint density at radius 1 is 1.35 bits per heavy atom. The second kappa shape index (κ2) is 5.92. The maximum Gasteiger partial charge on any atom is 0.326 e. The lowest BCUT2D eigenvalue weighted by atomic mass is 10.2. The summed E-state index contributed by atoms with van der Waals surface area (Å²) in [6.07, 6.45) is 0.0874. The molecule has 6 heteroatoms. The maximum absolute atomic E-state index is 12.5. The Morgan fingerprint density at radius 2 is 2.00 bits per heavy atom. The minimum absolute atomic E-state index is 0.232. The van der Waals surface area contributed by atoms with Gasteiger partial charge in [0, 0.05) is 32.8 Å². The molecule has 0 saturated carbocycles. The van der Waals surface area contributed by atoms with Crippen molar-refractivity contribution in [2.24, 2.45) is 0 Å². The number of nitrogens with zero attached hydrogens (tertiary/aromatic N) is 2. The van der Waals surface area contributed by atoms with Crippen LogP contribution in [0.15, 0.2) is 30.3 Å². The first-order valence-electron chi connectivity index (χ1n) is 6.39. The molecule has 1 N–H and O–H groups in total. The van der Waals surface area contributed by atoms with Crippen LogP contribution in [0.2, 0.25) is 0 Å². The molecule has 1 saturated heterocycles. The summed E-state index contributed by atoms with van der Waals surface area (Å²) >= 11 is 0. The number of anilines is 1. The van der Waals surface area contributed by atoms with Crippen LogP contribution in [0, 0.1) is 0 Å². The minimum Gasteiger partial charge on any atom is -0.480 e. The van der Waals surface area contributed by atoms with E-state index in [2.05, 4.69) is 0 Å². The van der Waals surface area contributed by atoms with Crippen LogP contribution in [0.1, 0.15) is 6.42 Å². The average Bonchev–Trinajstić information content (AvgIpc) is 2.91. The zero-order valence-corrected chi connectivity index (χ0v) is 11.5. The molecule has 108 valence electrons. The van der Waals surface area contributed by atoms with Crippen LogP contribution in [0.4, 0.5) is 10.5 Å². The number of urea groups is 1. The van der Waals surface area contributed by atoms with Crippen molar-refractivity contribution in [1.29, 1.82) is 0 Å². The highest BCUT2D eigenvalue weighted by molar-refractivity contribution is 5.94. The summed E-state index contributed by atoms with van der Waals surface area (Å²) in [5, 5.41) is 9.23. The third kappa shape index (κ3) is 2.75. The van der Waals surface area contributed by atoms with E-state index in [0.717, 1.165) is 5.69 Å². The standard InChI is InChI=1S/C14H18N2O4/c1-15(10-6-4-3-5-7-10)14(19)16-9-11(20-2)8-12(16)13(17)18/h3-7,11-12H,8-9H2,1-2H3,(H,17,18). The number of carbonyl (C=O) groups is 2. The van der Waals surface area contributed by atoms with E-state index in [1.807, 2.05) is 18.2 Å². The average molecular weight is 278 g/mol. The molecule has 1 aliphatic rings. The first-order chi connectivity index (χ1) is 9.54. The zero-order chi connectivity index (χ0) is 14.7. The van der Waals surface area contributed by atoms with Crippen molar-refractivity contribution < 1.29 is 19.4 Å². The van der Waals surface area contributed by atoms with Gasteiger partial charge in [-0.05, 0) is 12.1 Å². The number of hydrogen-bond acceptors (Lipinski definition) is 3. The highest BCUT2D eigenvalue weighted by Crippen LogP contribution is 2.23. The van der Waals surface area contributed by atoms with Crippen LogP contribution in [-0.4, -0.2) is 54.9 Å². The number of amides is 2. The van der Waals surface area contributed by atoms with Crippen LogP contribution in [0.3, 0.4) is 0 Å². The largest absolute Gasteiger partial charge is 0.480 e. The van der Waals surface area contributed by atoms with Gasteiger partial charge in [0.1, 0.15) is 6.04 Å². The number of aliphatic carboxylic acids is 1. The highest BCUT2D eigenvalue weighted by atomic mass is 16.5. The lowest BCUT2D eigenvalue weighted by molar-refractivity contribution is -0.141. The molecule has 1 fully saturated rings. The third-order valence-electron chi connectivity index (χ3n) is 3.56. The van der Waals surface area contributed by atoms with Crippen LogP contribution >= 0.6 is 0 Å². The van der Waals surface area contributed by atoms with Gasteiger partial charge in [-0.15, -0.1) is 0 Å². The monoisotopic (exact) mass is 278 g/mol. The van der Waals surface area contributed by atoms with Gasteiger partial charge in [-0.1, -0.05) is 18.2 Å². The molecule has 2 atom stereocenters. The smallest absolute Gasteiger partial charge is 0.326 e. The van der Waals surface area contributed by atoms with E-state index in [-0.39, 0.29) is 12.1 Å². The number of hydrogen-bond donors (Lipinski definition) is 1. The number of rotatable bonds is 3. The van der Waals surface area contributed by atoms with Crippen molar-refractivity contribution in [1.82, 2.24) is 4.90 Å². The molecule has 2 unspecified atom stereocenters. The van der Waals surface area contributed by atoms with Crippen molar-refractivity contribution in [2.75, 3.05) is 25.6 Å². The minimum atomic E-state index is -1.00. The van der Waals surface area contributed by atoms with Gasteiger partial charge < -0.3 is 14.7 Å². The van der Waals surface area contributed by atoms with Crippen LogP contribution in [-0.2, 0) is 9.53 Å². The molecule has 0 bridgehead atoms. The predicted octanol–water partition coefficient (Wildman–Crippen LogP) is 1.42. The molecule has 0 radical (unpaired) electrons. The lowest BCUT2D eigenvalue weighted by Crippen LogP contribution is -2.47. The fourth-order valence-corrected chi connectivity index (χ4v) is 2.37. The predicted molar refractivity (Wildman–Crippen MR) is 73.8 cm³/mol. The topological polar surface area (TPSA) is 70.1 Å². The van der Waals surface area contributed by atoms with E-state index in [0.29, 0.717) is 13.0 Å². The number of para-hydroxylation sites is 1.